The van der Waals surface area contributed by atoms with Crippen molar-refractivity contribution in [2.75, 3.05) is 41.2 Å². The lowest BCUT2D eigenvalue weighted by Gasteiger charge is -2.13. The molecular formula is C16H24O7. The van der Waals surface area contributed by atoms with Gasteiger partial charge in [-0.3, -0.25) is 4.89 Å². The molecule has 0 N–H and O–H groups in total. The molecule has 0 spiro atoms. The second kappa shape index (κ2) is 10.7. The van der Waals surface area contributed by atoms with Gasteiger partial charge in [0.05, 0.1) is 27.9 Å². The molecule has 0 aliphatic rings. The molecule has 0 bridgehead atoms. The fourth-order valence-corrected chi connectivity index (χ4v) is 1.77. The zero-order valence-electron chi connectivity index (χ0n) is 14.0. The van der Waals surface area contributed by atoms with Gasteiger partial charge in [0.25, 0.3) is 0 Å². The summed E-state index contributed by atoms with van der Waals surface area (Å²) in [7, 11) is 4.42. The van der Waals surface area contributed by atoms with E-state index in [0.29, 0.717) is 30.5 Å². The molecule has 1 aromatic carbocycles. The van der Waals surface area contributed by atoms with Crippen LogP contribution in [0.1, 0.15) is 30.1 Å². The first kappa shape index (κ1) is 19.1. The highest BCUT2D eigenvalue weighted by Crippen LogP contribution is 2.34. The topological polar surface area (TPSA) is 72.5 Å². The first-order chi connectivity index (χ1) is 11.2. The summed E-state index contributed by atoms with van der Waals surface area (Å²) in [6.07, 6.45) is 2.05. The molecule has 0 aromatic heterocycles. The molecule has 0 amide bonds. The van der Waals surface area contributed by atoms with Crippen molar-refractivity contribution >= 4 is 5.97 Å². The Morgan fingerprint density at radius 3 is 2.17 bits per heavy atom. The maximum absolute atomic E-state index is 12.1. The summed E-state index contributed by atoms with van der Waals surface area (Å²) in [6, 6.07) is 3.02. The van der Waals surface area contributed by atoms with Crippen LogP contribution in [0.25, 0.3) is 0 Å². The Morgan fingerprint density at radius 2 is 1.57 bits per heavy atom. The smallest absolute Gasteiger partial charge is 0.376 e. The lowest BCUT2D eigenvalue weighted by atomic mass is 10.1. The third-order valence-electron chi connectivity index (χ3n) is 3.01. The van der Waals surface area contributed by atoms with Crippen LogP contribution in [0.2, 0.25) is 0 Å². The Hall–Kier alpha value is -1.99. The fourth-order valence-electron chi connectivity index (χ4n) is 1.77. The number of methoxy groups -OCH3 is 3. The number of hydrogen-bond acceptors (Lipinski definition) is 7. The van der Waals surface area contributed by atoms with Crippen LogP contribution >= 0.6 is 0 Å². The number of benzene rings is 1. The number of hydrogen-bond donors (Lipinski definition) is 0. The molecule has 1 rings (SSSR count). The van der Waals surface area contributed by atoms with E-state index in [0.717, 1.165) is 12.8 Å². The lowest BCUT2D eigenvalue weighted by molar-refractivity contribution is -0.247. The van der Waals surface area contributed by atoms with Crippen molar-refractivity contribution in [3.05, 3.63) is 17.7 Å². The highest BCUT2D eigenvalue weighted by atomic mass is 17.2. The standard InChI is InChI=1S/C16H24O7/c1-5-6-7-21-8-9-22-23-16(17)12-10-14(19-3)15(20-4)11-13(12)18-2/h10-11H,5-9H2,1-4H3. The largest absolute Gasteiger partial charge is 0.496 e. The van der Waals surface area contributed by atoms with E-state index in [2.05, 4.69) is 6.92 Å². The van der Waals surface area contributed by atoms with Crippen LogP contribution in [-0.2, 0) is 14.5 Å². The van der Waals surface area contributed by atoms with Crippen molar-refractivity contribution in [2.45, 2.75) is 19.8 Å². The van der Waals surface area contributed by atoms with E-state index < -0.39 is 5.97 Å². The third kappa shape index (κ3) is 5.96. The molecule has 0 unspecified atom stereocenters. The number of ether oxygens (including phenoxy) is 4. The summed E-state index contributed by atoms with van der Waals surface area (Å²) in [4.78, 5) is 21.7. The summed E-state index contributed by atoms with van der Waals surface area (Å²) in [5, 5.41) is 0. The van der Waals surface area contributed by atoms with Gasteiger partial charge in [0.2, 0.25) is 0 Å². The minimum absolute atomic E-state index is 0.158. The number of carbonyl (C=O) groups is 1. The van der Waals surface area contributed by atoms with E-state index in [1.54, 1.807) is 6.07 Å². The average Bonchev–Trinajstić information content (AvgIpc) is 2.59. The summed E-state index contributed by atoms with van der Waals surface area (Å²) in [6.45, 7) is 3.26. The van der Waals surface area contributed by atoms with Crippen molar-refractivity contribution < 1.29 is 33.5 Å². The van der Waals surface area contributed by atoms with E-state index in [1.807, 2.05) is 0 Å². The molecule has 0 heterocycles. The van der Waals surface area contributed by atoms with E-state index in [4.69, 9.17) is 28.7 Å². The quantitative estimate of drug-likeness (QED) is 0.351. The van der Waals surface area contributed by atoms with Crippen molar-refractivity contribution in [2.24, 2.45) is 0 Å². The van der Waals surface area contributed by atoms with Gasteiger partial charge in [0.15, 0.2) is 11.5 Å². The molecule has 0 fully saturated rings. The van der Waals surface area contributed by atoms with Gasteiger partial charge >= 0.3 is 5.97 Å². The Bertz CT molecular complexity index is 488. The van der Waals surface area contributed by atoms with E-state index in [1.165, 1.54) is 27.4 Å². The number of carbonyl (C=O) groups excluding carboxylic acids is 1. The lowest BCUT2D eigenvalue weighted by Crippen LogP contribution is -2.12. The molecule has 23 heavy (non-hydrogen) atoms. The molecule has 0 atom stereocenters. The normalized spacial score (nSPS) is 10.3. The van der Waals surface area contributed by atoms with Crippen molar-refractivity contribution in [1.29, 1.82) is 0 Å². The summed E-state index contributed by atoms with van der Waals surface area (Å²) in [5.41, 5.74) is 0.178. The highest BCUT2D eigenvalue weighted by molar-refractivity contribution is 5.93. The van der Waals surface area contributed by atoms with Crippen LogP contribution in [-0.4, -0.2) is 47.1 Å². The summed E-state index contributed by atoms with van der Waals surface area (Å²) >= 11 is 0. The minimum Gasteiger partial charge on any atom is -0.496 e. The molecule has 0 radical (unpaired) electrons. The highest BCUT2D eigenvalue weighted by Gasteiger charge is 2.19. The van der Waals surface area contributed by atoms with E-state index >= 15 is 0 Å². The van der Waals surface area contributed by atoms with Crippen LogP contribution in [0.5, 0.6) is 17.2 Å². The molecule has 0 aliphatic heterocycles. The first-order valence-electron chi connectivity index (χ1n) is 7.39. The average molecular weight is 328 g/mol. The van der Waals surface area contributed by atoms with Crippen LogP contribution in [0.3, 0.4) is 0 Å². The second-order valence-corrected chi connectivity index (χ2v) is 4.57. The predicted octanol–water partition coefficient (Wildman–Crippen LogP) is 2.62. The van der Waals surface area contributed by atoms with Gasteiger partial charge in [-0.25, -0.2) is 4.79 Å². The van der Waals surface area contributed by atoms with Gasteiger partial charge in [-0.05, 0) is 6.42 Å². The van der Waals surface area contributed by atoms with Crippen LogP contribution < -0.4 is 14.2 Å². The fraction of sp³-hybridized carbons (Fsp3) is 0.562. The molecule has 0 saturated heterocycles. The van der Waals surface area contributed by atoms with Gasteiger partial charge in [-0.2, -0.15) is 4.89 Å². The van der Waals surface area contributed by atoms with Gasteiger partial charge in [-0.1, -0.05) is 13.3 Å². The van der Waals surface area contributed by atoms with Crippen LogP contribution in [0, 0.1) is 0 Å². The van der Waals surface area contributed by atoms with Gasteiger partial charge in [-0.15, -0.1) is 0 Å². The van der Waals surface area contributed by atoms with Gasteiger partial charge < -0.3 is 18.9 Å². The monoisotopic (exact) mass is 328 g/mol. The maximum Gasteiger partial charge on any atom is 0.376 e. The Labute approximate surface area is 136 Å². The third-order valence-corrected chi connectivity index (χ3v) is 3.01. The molecule has 130 valence electrons. The van der Waals surface area contributed by atoms with Crippen molar-refractivity contribution in [3.63, 3.8) is 0 Å². The molecular weight excluding hydrogens is 304 g/mol. The molecule has 0 aliphatic carbocycles. The van der Waals surface area contributed by atoms with Gasteiger partial charge in [0.1, 0.15) is 17.9 Å². The molecule has 1 aromatic rings. The Balaban J connectivity index is 2.58. The summed E-state index contributed by atoms with van der Waals surface area (Å²) in [5.74, 6) is 0.459. The predicted molar refractivity (Wildman–Crippen MR) is 83.2 cm³/mol. The van der Waals surface area contributed by atoms with Gasteiger partial charge in [0, 0.05) is 18.7 Å². The maximum atomic E-state index is 12.1. The van der Waals surface area contributed by atoms with Crippen molar-refractivity contribution in [1.82, 2.24) is 0 Å². The minimum atomic E-state index is -0.684. The Kier molecular flexibility index (Phi) is 8.86. The van der Waals surface area contributed by atoms with Crippen LogP contribution in [0.4, 0.5) is 0 Å². The van der Waals surface area contributed by atoms with Crippen molar-refractivity contribution in [3.8, 4) is 17.2 Å². The molecule has 7 heteroatoms. The van der Waals surface area contributed by atoms with E-state index in [-0.39, 0.29) is 12.2 Å². The van der Waals surface area contributed by atoms with Crippen LogP contribution in [0.15, 0.2) is 12.1 Å². The zero-order valence-corrected chi connectivity index (χ0v) is 14.0. The zero-order chi connectivity index (χ0) is 17.1. The summed E-state index contributed by atoms with van der Waals surface area (Å²) < 4.78 is 20.8. The first-order valence-corrected chi connectivity index (χ1v) is 7.39. The second-order valence-electron chi connectivity index (χ2n) is 4.57. The Morgan fingerprint density at radius 1 is 0.913 bits per heavy atom. The number of rotatable bonds is 11. The SMILES string of the molecule is CCCCOCCOOC(=O)c1cc(OC)c(OC)cc1OC. The van der Waals surface area contributed by atoms with E-state index in [9.17, 15) is 4.79 Å². The molecule has 0 saturated carbocycles. The molecule has 7 nitrogen and oxygen atoms in total. The number of unbranched alkanes of at least 4 members (excludes halogenated alkanes) is 1.